The molecule has 2 aromatic heterocycles. The number of hydrogen-bond donors (Lipinski definition) is 2. The van der Waals surface area contributed by atoms with E-state index in [1.807, 2.05) is 17.9 Å². The number of benzene rings is 1. The highest BCUT2D eigenvalue weighted by atomic mass is 32.1. The quantitative estimate of drug-likeness (QED) is 0.683. The number of hydrogen-bond acceptors (Lipinski definition) is 5. The lowest BCUT2D eigenvalue weighted by Crippen LogP contribution is -2.35. The van der Waals surface area contributed by atoms with Crippen molar-refractivity contribution in [1.82, 2.24) is 14.9 Å². The Hall–Kier alpha value is -2.45. The lowest BCUT2D eigenvalue weighted by atomic mass is 10.1. The van der Waals surface area contributed by atoms with E-state index < -0.39 is 0 Å². The first-order chi connectivity index (χ1) is 14.1. The molecular weight excluding hydrogens is 391 g/mol. The van der Waals surface area contributed by atoms with Crippen molar-refractivity contribution in [3.05, 3.63) is 45.8 Å². The van der Waals surface area contributed by atoms with Crippen LogP contribution in [0.2, 0.25) is 0 Å². The lowest BCUT2D eigenvalue weighted by molar-refractivity contribution is 0.0731. The predicted octanol–water partition coefficient (Wildman–Crippen LogP) is 3.72. The monoisotopic (exact) mass is 414 g/mol. The maximum Gasteiger partial charge on any atom is 0.270 e. The third kappa shape index (κ3) is 3.62. The molecule has 1 atom stereocenters. The molecule has 0 aliphatic carbocycles. The van der Waals surface area contributed by atoms with E-state index in [1.54, 1.807) is 11.3 Å². The van der Waals surface area contributed by atoms with Gasteiger partial charge in [0.25, 0.3) is 5.91 Å². The van der Waals surface area contributed by atoms with Crippen LogP contribution in [0.25, 0.3) is 10.9 Å². The van der Waals surface area contributed by atoms with Crippen molar-refractivity contribution in [2.24, 2.45) is 5.92 Å². The normalized spacial score (nSPS) is 19.0. The number of aromatic nitrogens is 2. The van der Waals surface area contributed by atoms with Crippen molar-refractivity contribution in [3.63, 3.8) is 0 Å². The number of anilines is 1. The highest BCUT2D eigenvalue weighted by Crippen LogP contribution is 2.30. The summed E-state index contributed by atoms with van der Waals surface area (Å²) in [6, 6.07) is 4.75. The fourth-order valence-electron chi connectivity index (χ4n) is 4.08. The smallest absolute Gasteiger partial charge is 0.270 e. The topological polar surface area (TPSA) is 70.2 Å². The Morgan fingerprint density at radius 1 is 1.45 bits per heavy atom. The molecule has 1 amide bonds. The highest BCUT2D eigenvalue weighted by Gasteiger charge is 2.26. The van der Waals surface area contributed by atoms with E-state index in [-0.39, 0.29) is 11.7 Å². The number of thiazole rings is 1. The van der Waals surface area contributed by atoms with Gasteiger partial charge in [0.05, 0.1) is 18.8 Å². The zero-order chi connectivity index (χ0) is 20.0. The summed E-state index contributed by atoms with van der Waals surface area (Å²) in [6.45, 7) is 5.58. The Kier molecular flexibility index (Phi) is 4.75. The predicted molar refractivity (Wildman–Crippen MR) is 111 cm³/mol. The fourth-order valence-corrected chi connectivity index (χ4v) is 5.11. The number of nitrogens with one attached hydrogen (secondary N) is 2. The molecule has 0 radical (unpaired) electrons. The van der Waals surface area contributed by atoms with Gasteiger partial charge in [-0.15, -0.1) is 0 Å². The molecular formula is C21H23FN4O2S. The molecule has 1 fully saturated rings. The summed E-state index contributed by atoms with van der Waals surface area (Å²) in [7, 11) is 0. The molecule has 2 N–H and O–H groups in total. The third-order valence-corrected chi connectivity index (χ3v) is 6.76. The minimum Gasteiger partial charge on any atom is -0.381 e. The standard InChI is InChI=1S/C21H23FN4O2S/c1-12-6-14(22)7-17-15(12)8-18(24-17)20(27)26-4-2-16-19(10-26)29-21(25-16)23-9-13-3-5-28-11-13/h6-8,13,24H,2-5,9-11H2,1H3,(H,23,25). The van der Waals surface area contributed by atoms with E-state index in [2.05, 4.69) is 10.3 Å². The van der Waals surface area contributed by atoms with E-state index in [0.717, 1.165) is 59.3 Å². The van der Waals surface area contributed by atoms with Gasteiger partial charge >= 0.3 is 0 Å². The SMILES string of the molecule is Cc1cc(F)cc2[nH]c(C(=O)N3CCc4nc(NCC5CCOC5)sc4C3)cc12. The number of nitrogens with zero attached hydrogens (tertiary/aromatic N) is 2. The second-order valence-electron chi connectivity index (χ2n) is 7.84. The Morgan fingerprint density at radius 3 is 3.17 bits per heavy atom. The average molecular weight is 415 g/mol. The van der Waals surface area contributed by atoms with Crippen molar-refractivity contribution in [2.75, 3.05) is 31.6 Å². The molecule has 29 heavy (non-hydrogen) atoms. The van der Waals surface area contributed by atoms with Gasteiger partial charge in [0.2, 0.25) is 0 Å². The summed E-state index contributed by atoms with van der Waals surface area (Å²) in [5.74, 6) is 0.189. The molecule has 3 aromatic rings. The fraction of sp³-hybridized carbons (Fsp3) is 0.429. The maximum atomic E-state index is 13.7. The Bertz CT molecular complexity index is 1070. The summed E-state index contributed by atoms with van der Waals surface area (Å²) in [5, 5.41) is 5.24. The number of fused-ring (bicyclic) bond motifs is 2. The lowest BCUT2D eigenvalue weighted by Gasteiger charge is -2.25. The summed E-state index contributed by atoms with van der Waals surface area (Å²) in [4.78, 5) is 23.8. The van der Waals surface area contributed by atoms with Crippen LogP contribution in [-0.4, -0.2) is 47.1 Å². The van der Waals surface area contributed by atoms with Crippen molar-refractivity contribution in [2.45, 2.75) is 26.3 Å². The Labute approximate surface area is 172 Å². The zero-order valence-corrected chi connectivity index (χ0v) is 17.1. The van der Waals surface area contributed by atoms with Crippen molar-refractivity contribution < 1.29 is 13.9 Å². The minimum absolute atomic E-state index is 0.0577. The Balaban J connectivity index is 1.30. The summed E-state index contributed by atoms with van der Waals surface area (Å²) < 4.78 is 19.1. The van der Waals surface area contributed by atoms with Crippen LogP contribution in [0.3, 0.4) is 0 Å². The highest BCUT2D eigenvalue weighted by molar-refractivity contribution is 7.15. The number of aromatic amines is 1. The second kappa shape index (κ2) is 7.42. The molecule has 6 nitrogen and oxygen atoms in total. The van der Waals surface area contributed by atoms with Crippen LogP contribution < -0.4 is 5.32 Å². The van der Waals surface area contributed by atoms with Crippen LogP contribution in [0.1, 0.15) is 33.0 Å². The summed E-state index contributed by atoms with van der Waals surface area (Å²) >= 11 is 1.63. The number of carbonyl (C=O) groups is 1. The first-order valence-electron chi connectivity index (χ1n) is 9.95. The second-order valence-corrected chi connectivity index (χ2v) is 8.93. The van der Waals surface area contributed by atoms with Gasteiger partial charge in [-0.1, -0.05) is 11.3 Å². The Morgan fingerprint density at radius 2 is 2.34 bits per heavy atom. The van der Waals surface area contributed by atoms with Crippen molar-refractivity contribution in [3.8, 4) is 0 Å². The van der Waals surface area contributed by atoms with E-state index in [0.29, 0.717) is 30.2 Å². The molecule has 152 valence electrons. The number of carbonyl (C=O) groups excluding carboxylic acids is 1. The van der Waals surface area contributed by atoms with Crippen LogP contribution in [0.15, 0.2) is 18.2 Å². The number of ether oxygens (including phenoxy) is 1. The van der Waals surface area contributed by atoms with E-state index >= 15 is 0 Å². The molecule has 5 rings (SSSR count). The number of rotatable bonds is 4. The molecule has 2 aliphatic rings. The van der Waals surface area contributed by atoms with Crippen molar-refractivity contribution >= 4 is 33.3 Å². The van der Waals surface area contributed by atoms with Gasteiger partial charge in [0.15, 0.2) is 5.13 Å². The molecule has 2 aliphatic heterocycles. The van der Waals surface area contributed by atoms with Gasteiger partial charge in [-0.2, -0.15) is 0 Å². The van der Waals surface area contributed by atoms with Crippen molar-refractivity contribution in [1.29, 1.82) is 0 Å². The maximum absolute atomic E-state index is 13.7. The van der Waals surface area contributed by atoms with Crippen LogP contribution >= 0.6 is 11.3 Å². The summed E-state index contributed by atoms with van der Waals surface area (Å²) in [6.07, 6.45) is 1.84. The molecule has 4 heterocycles. The molecule has 0 bridgehead atoms. The van der Waals surface area contributed by atoms with Gasteiger partial charge in [0, 0.05) is 47.8 Å². The van der Waals surface area contributed by atoms with Crippen LogP contribution in [0, 0.1) is 18.7 Å². The molecule has 1 unspecified atom stereocenters. The van der Waals surface area contributed by atoms with Gasteiger partial charge in [-0.25, -0.2) is 9.37 Å². The van der Waals surface area contributed by atoms with Gasteiger partial charge in [0.1, 0.15) is 11.5 Å². The van der Waals surface area contributed by atoms with E-state index in [9.17, 15) is 9.18 Å². The minimum atomic E-state index is -0.299. The summed E-state index contributed by atoms with van der Waals surface area (Å²) in [5.41, 5.74) is 3.06. The van der Waals surface area contributed by atoms with E-state index in [1.165, 1.54) is 12.1 Å². The third-order valence-electron chi connectivity index (χ3n) is 5.72. The molecule has 0 saturated carbocycles. The largest absolute Gasteiger partial charge is 0.381 e. The molecule has 0 spiro atoms. The average Bonchev–Trinajstić information content (AvgIpc) is 3.43. The number of halogens is 1. The van der Waals surface area contributed by atoms with E-state index in [4.69, 9.17) is 9.72 Å². The number of H-pyrrole nitrogens is 1. The molecule has 1 aromatic carbocycles. The van der Waals surface area contributed by atoms with Gasteiger partial charge < -0.3 is 19.9 Å². The number of amides is 1. The van der Waals surface area contributed by atoms with Gasteiger partial charge in [-0.05, 0) is 37.1 Å². The first-order valence-corrected chi connectivity index (χ1v) is 10.8. The van der Waals surface area contributed by atoms with Crippen LogP contribution in [0.5, 0.6) is 0 Å². The number of aryl methyl sites for hydroxylation is 1. The zero-order valence-electron chi connectivity index (χ0n) is 16.3. The molecule has 1 saturated heterocycles. The van der Waals surface area contributed by atoms with Crippen LogP contribution in [0.4, 0.5) is 9.52 Å². The van der Waals surface area contributed by atoms with Gasteiger partial charge in [-0.3, -0.25) is 4.79 Å². The van der Waals surface area contributed by atoms with Crippen LogP contribution in [-0.2, 0) is 17.7 Å². The first kappa shape index (κ1) is 18.6. The molecule has 8 heteroatoms.